The standard InChI is InChI=1S/C18H34O3/c1-5-9-11-12-14-21-18(20)16(8-4)15(7-3)17(19)13-10-6-2/h15-16H,5-14H2,1-4H3. The van der Waals surface area contributed by atoms with Crippen LogP contribution in [0.15, 0.2) is 0 Å². The van der Waals surface area contributed by atoms with Gasteiger partial charge in [-0.15, -0.1) is 0 Å². The number of carbonyl (C=O) groups is 2. The lowest BCUT2D eigenvalue weighted by atomic mass is 9.83. The number of unbranched alkanes of at least 4 members (excludes halogenated alkanes) is 4. The van der Waals surface area contributed by atoms with Crippen LogP contribution in [-0.4, -0.2) is 18.4 Å². The molecule has 0 aromatic heterocycles. The number of hydrogen-bond donors (Lipinski definition) is 0. The molecule has 0 spiro atoms. The molecule has 0 aliphatic heterocycles. The minimum absolute atomic E-state index is 0.162. The lowest BCUT2D eigenvalue weighted by Gasteiger charge is -2.22. The first-order chi connectivity index (χ1) is 10.1. The molecule has 124 valence electrons. The second kappa shape index (κ2) is 12.8. The maximum atomic E-state index is 12.2. The Kier molecular flexibility index (Phi) is 12.3. The first-order valence-electron chi connectivity index (χ1n) is 8.81. The summed E-state index contributed by atoms with van der Waals surface area (Å²) in [7, 11) is 0. The molecule has 0 N–H and O–H groups in total. The number of rotatable bonds is 13. The summed E-state index contributed by atoms with van der Waals surface area (Å²) in [6.07, 6.45) is 8.32. The van der Waals surface area contributed by atoms with Crippen molar-refractivity contribution < 1.29 is 14.3 Å². The van der Waals surface area contributed by atoms with Gasteiger partial charge in [-0.05, 0) is 25.7 Å². The van der Waals surface area contributed by atoms with Crippen LogP contribution in [-0.2, 0) is 14.3 Å². The maximum Gasteiger partial charge on any atom is 0.309 e. The van der Waals surface area contributed by atoms with E-state index in [-0.39, 0.29) is 23.6 Å². The number of esters is 1. The summed E-state index contributed by atoms with van der Waals surface area (Å²) in [4.78, 5) is 24.5. The number of ether oxygens (including phenoxy) is 1. The predicted octanol–water partition coefficient (Wildman–Crippen LogP) is 4.92. The van der Waals surface area contributed by atoms with E-state index < -0.39 is 0 Å². The molecule has 0 bridgehead atoms. The molecule has 3 heteroatoms. The molecule has 0 heterocycles. The van der Waals surface area contributed by atoms with E-state index in [1.807, 2.05) is 13.8 Å². The molecule has 0 rings (SSSR count). The third kappa shape index (κ3) is 8.23. The number of hydrogen-bond acceptors (Lipinski definition) is 3. The van der Waals surface area contributed by atoms with Crippen LogP contribution in [0.4, 0.5) is 0 Å². The molecule has 0 saturated carbocycles. The van der Waals surface area contributed by atoms with E-state index in [0.29, 0.717) is 19.4 Å². The van der Waals surface area contributed by atoms with Crippen molar-refractivity contribution in [3.63, 3.8) is 0 Å². The van der Waals surface area contributed by atoms with E-state index >= 15 is 0 Å². The van der Waals surface area contributed by atoms with Crippen molar-refractivity contribution >= 4 is 11.8 Å². The van der Waals surface area contributed by atoms with Gasteiger partial charge in [0.1, 0.15) is 5.78 Å². The third-order valence-corrected chi connectivity index (χ3v) is 4.10. The second-order valence-electron chi connectivity index (χ2n) is 5.83. The van der Waals surface area contributed by atoms with E-state index in [2.05, 4.69) is 13.8 Å². The van der Waals surface area contributed by atoms with Crippen LogP contribution >= 0.6 is 0 Å². The SMILES string of the molecule is CCCCCCOC(=O)C(CC)C(CC)C(=O)CCCC. The number of carbonyl (C=O) groups excluding carboxylic acids is 2. The fraction of sp³-hybridized carbons (Fsp3) is 0.889. The van der Waals surface area contributed by atoms with Crippen molar-refractivity contribution in [2.75, 3.05) is 6.61 Å². The Hall–Kier alpha value is -0.860. The molecule has 21 heavy (non-hydrogen) atoms. The molecular weight excluding hydrogens is 264 g/mol. The highest BCUT2D eigenvalue weighted by Gasteiger charge is 2.31. The summed E-state index contributed by atoms with van der Waals surface area (Å²) in [5, 5.41) is 0. The monoisotopic (exact) mass is 298 g/mol. The fourth-order valence-corrected chi connectivity index (χ4v) is 2.70. The highest BCUT2D eigenvalue weighted by atomic mass is 16.5. The van der Waals surface area contributed by atoms with Crippen LogP contribution in [0.2, 0.25) is 0 Å². The van der Waals surface area contributed by atoms with Gasteiger partial charge in [0.05, 0.1) is 12.5 Å². The van der Waals surface area contributed by atoms with Crippen molar-refractivity contribution in [3.05, 3.63) is 0 Å². The zero-order chi connectivity index (χ0) is 16.1. The lowest BCUT2D eigenvalue weighted by Crippen LogP contribution is -2.31. The fourth-order valence-electron chi connectivity index (χ4n) is 2.70. The number of Topliss-reactive ketones (excluding diaryl/α,β-unsaturated/α-hetero) is 1. The summed E-state index contributed by atoms with van der Waals surface area (Å²) in [5.74, 6) is -0.366. The van der Waals surface area contributed by atoms with Crippen molar-refractivity contribution in [2.45, 2.75) is 85.5 Å². The van der Waals surface area contributed by atoms with Gasteiger partial charge in [0.2, 0.25) is 0 Å². The molecule has 0 saturated heterocycles. The van der Waals surface area contributed by atoms with Gasteiger partial charge in [0.25, 0.3) is 0 Å². The van der Waals surface area contributed by atoms with Gasteiger partial charge in [-0.25, -0.2) is 0 Å². The first kappa shape index (κ1) is 20.1. The Labute approximate surface area is 130 Å². The molecule has 2 unspecified atom stereocenters. The normalized spacial score (nSPS) is 13.7. The summed E-state index contributed by atoms with van der Waals surface area (Å²) in [6, 6.07) is 0. The Morgan fingerprint density at radius 1 is 0.810 bits per heavy atom. The van der Waals surface area contributed by atoms with Gasteiger partial charge < -0.3 is 4.74 Å². The van der Waals surface area contributed by atoms with Gasteiger partial charge in [0, 0.05) is 12.3 Å². The lowest BCUT2D eigenvalue weighted by molar-refractivity contribution is -0.153. The van der Waals surface area contributed by atoms with E-state index in [9.17, 15) is 9.59 Å². The van der Waals surface area contributed by atoms with Crippen molar-refractivity contribution in [1.29, 1.82) is 0 Å². The molecule has 0 fully saturated rings. The minimum atomic E-state index is -0.259. The molecule has 0 aromatic rings. The number of ketones is 1. The average molecular weight is 298 g/mol. The quantitative estimate of drug-likeness (QED) is 0.358. The summed E-state index contributed by atoms with van der Waals surface area (Å²) in [5.41, 5.74) is 0. The van der Waals surface area contributed by atoms with Crippen LogP contribution in [0, 0.1) is 11.8 Å². The Balaban J connectivity index is 4.35. The van der Waals surface area contributed by atoms with Gasteiger partial charge >= 0.3 is 5.97 Å². The summed E-state index contributed by atoms with van der Waals surface area (Å²) >= 11 is 0. The van der Waals surface area contributed by atoms with Crippen molar-refractivity contribution in [3.8, 4) is 0 Å². The zero-order valence-electron chi connectivity index (χ0n) is 14.5. The topological polar surface area (TPSA) is 43.4 Å². The second-order valence-corrected chi connectivity index (χ2v) is 5.83. The van der Waals surface area contributed by atoms with Crippen LogP contribution in [0.3, 0.4) is 0 Å². The maximum absolute atomic E-state index is 12.2. The van der Waals surface area contributed by atoms with E-state index in [0.717, 1.165) is 32.1 Å². The van der Waals surface area contributed by atoms with E-state index in [1.54, 1.807) is 0 Å². The van der Waals surface area contributed by atoms with Crippen LogP contribution in [0.25, 0.3) is 0 Å². The molecule has 0 radical (unpaired) electrons. The first-order valence-corrected chi connectivity index (χ1v) is 8.81. The van der Waals surface area contributed by atoms with Gasteiger partial charge in [0.15, 0.2) is 0 Å². The Morgan fingerprint density at radius 2 is 1.43 bits per heavy atom. The highest BCUT2D eigenvalue weighted by Crippen LogP contribution is 2.24. The summed E-state index contributed by atoms with van der Waals surface area (Å²) in [6.45, 7) is 8.70. The molecule has 0 aliphatic carbocycles. The molecule has 0 aliphatic rings. The zero-order valence-corrected chi connectivity index (χ0v) is 14.5. The van der Waals surface area contributed by atoms with E-state index in [1.165, 1.54) is 12.8 Å². The third-order valence-electron chi connectivity index (χ3n) is 4.10. The molecular formula is C18H34O3. The predicted molar refractivity (Wildman–Crippen MR) is 87.2 cm³/mol. The van der Waals surface area contributed by atoms with Gasteiger partial charge in [-0.2, -0.15) is 0 Å². The van der Waals surface area contributed by atoms with Crippen molar-refractivity contribution in [2.24, 2.45) is 11.8 Å². The molecule has 0 aromatic carbocycles. The molecule has 2 atom stereocenters. The van der Waals surface area contributed by atoms with Gasteiger partial charge in [-0.3, -0.25) is 9.59 Å². The van der Waals surface area contributed by atoms with Crippen LogP contribution < -0.4 is 0 Å². The molecule has 3 nitrogen and oxygen atoms in total. The van der Waals surface area contributed by atoms with Crippen molar-refractivity contribution in [1.82, 2.24) is 0 Å². The summed E-state index contributed by atoms with van der Waals surface area (Å²) < 4.78 is 5.39. The van der Waals surface area contributed by atoms with Crippen LogP contribution in [0.5, 0.6) is 0 Å². The molecule has 0 amide bonds. The van der Waals surface area contributed by atoms with Crippen LogP contribution in [0.1, 0.15) is 85.5 Å². The highest BCUT2D eigenvalue weighted by molar-refractivity contribution is 5.86. The van der Waals surface area contributed by atoms with E-state index in [4.69, 9.17) is 4.74 Å². The largest absolute Gasteiger partial charge is 0.465 e. The Bertz CT molecular complexity index is 286. The average Bonchev–Trinajstić information content (AvgIpc) is 2.49. The van der Waals surface area contributed by atoms with Gasteiger partial charge in [-0.1, -0.05) is 53.4 Å². The minimum Gasteiger partial charge on any atom is -0.465 e. The smallest absolute Gasteiger partial charge is 0.309 e. The Morgan fingerprint density at radius 3 is 1.95 bits per heavy atom.